The number of hydrogen-bond acceptors (Lipinski definition) is 2. The highest BCUT2D eigenvalue weighted by Crippen LogP contribution is 2.30. The van der Waals surface area contributed by atoms with E-state index in [1.54, 1.807) is 0 Å². The number of rotatable bonds is 2. The van der Waals surface area contributed by atoms with E-state index in [0.717, 1.165) is 32.0 Å². The number of nitrogens with one attached hydrogen (secondary N) is 1. The maximum atomic E-state index is 13.6. The largest absolute Gasteiger partial charge is 0.378 e. The molecule has 5 heteroatoms. The molecule has 2 nitrogen and oxygen atoms in total. The van der Waals surface area contributed by atoms with Gasteiger partial charge in [-0.05, 0) is 25.8 Å². The maximum Gasteiger partial charge on any atom is 0.182 e. The minimum Gasteiger partial charge on any atom is -0.378 e. The fourth-order valence-corrected chi connectivity index (χ4v) is 3.28. The third kappa shape index (κ3) is 2.43. The van der Waals surface area contributed by atoms with Gasteiger partial charge < -0.3 is 5.32 Å². The summed E-state index contributed by atoms with van der Waals surface area (Å²) in [4.78, 5) is 2.38. The summed E-state index contributed by atoms with van der Waals surface area (Å²) in [6.45, 7) is 2.05. The highest BCUT2D eigenvalue weighted by atomic mass is 19.2. The first kappa shape index (κ1) is 12.8. The van der Waals surface area contributed by atoms with Crippen LogP contribution in [0.5, 0.6) is 0 Å². The molecule has 2 heterocycles. The van der Waals surface area contributed by atoms with E-state index in [2.05, 4.69) is 10.2 Å². The van der Waals surface area contributed by atoms with Gasteiger partial charge in [-0.25, -0.2) is 13.2 Å². The molecule has 2 saturated heterocycles. The van der Waals surface area contributed by atoms with Crippen LogP contribution in [-0.4, -0.2) is 30.1 Å². The van der Waals surface area contributed by atoms with Crippen molar-refractivity contribution >= 4 is 5.69 Å². The summed E-state index contributed by atoms with van der Waals surface area (Å²) in [7, 11) is 0. The van der Waals surface area contributed by atoms with Crippen molar-refractivity contribution in [2.75, 3.05) is 18.4 Å². The Morgan fingerprint density at radius 2 is 1.89 bits per heavy atom. The van der Waals surface area contributed by atoms with E-state index in [1.165, 1.54) is 12.8 Å². The molecule has 0 saturated carbocycles. The standard InChI is InChI=1S/C14H17F3N2/c15-9-7-10(16)14(17)12(8-9)18-11-4-6-19-5-2-1-3-13(11)19/h7-8,11,13,18H,1-6H2. The lowest BCUT2D eigenvalue weighted by Gasteiger charge is -2.33. The monoisotopic (exact) mass is 270 g/mol. The van der Waals surface area contributed by atoms with Crippen molar-refractivity contribution < 1.29 is 13.2 Å². The van der Waals surface area contributed by atoms with Crippen molar-refractivity contribution in [1.29, 1.82) is 0 Å². The molecule has 0 amide bonds. The van der Waals surface area contributed by atoms with E-state index in [-0.39, 0.29) is 11.7 Å². The van der Waals surface area contributed by atoms with E-state index in [0.29, 0.717) is 12.1 Å². The molecule has 0 spiro atoms. The lowest BCUT2D eigenvalue weighted by Crippen LogP contribution is -2.41. The Labute approximate surface area is 110 Å². The van der Waals surface area contributed by atoms with Crippen molar-refractivity contribution in [2.45, 2.75) is 37.8 Å². The molecular formula is C14H17F3N2. The van der Waals surface area contributed by atoms with E-state index in [1.807, 2.05) is 0 Å². The molecule has 2 atom stereocenters. The quantitative estimate of drug-likeness (QED) is 0.831. The fraction of sp³-hybridized carbons (Fsp3) is 0.571. The molecule has 1 aromatic carbocycles. The molecule has 19 heavy (non-hydrogen) atoms. The van der Waals surface area contributed by atoms with Gasteiger partial charge in [0.15, 0.2) is 11.6 Å². The first-order chi connectivity index (χ1) is 9.15. The summed E-state index contributed by atoms with van der Waals surface area (Å²) < 4.78 is 40.0. The summed E-state index contributed by atoms with van der Waals surface area (Å²) in [5.41, 5.74) is -0.0603. The van der Waals surface area contributed by atoms with E-state index in [4.69, 9.17) is 0 Å². The van der Waals surface area contributed by atoms with Crippen LogP contribution in [0.25, 0.3) is 0 Å². The van der Waals surface area contributed by atoms with Crippen LogP contribution in [0.15, 0.2) is 12.1 Å². The topological polar surface area (TPSA) is 15.3 Å². The Bertz CT molecular complexity index is 478. The smallest absolute Gasteiger partial charge is 0.182 e. The average molecular weight is 270 g/mol. The minimum atomic E-state index is -1.14. The van der Waals surface area contributed by atoms with Crippen molar-refractivity contribution in [1.82, 2.24) is 4.90 Å². The Balaban J connectivity index is 1.78. The molecule has 2 fully saturated rings. The van der Waals surface area contributed by atoms with E-state index >= 15 is 0 Å². The van der Waals surface area contributed by atoms with Crippen LogP contribution < -0.4 is 5.32 Å². The SMILES string of the molecule is Fc1cc(F)c(F)c(NC2CCN3CCCCC23)c1. The number of piperidine rings is 1. The number of halogens is 3. The van der Waals surface area contributed by atoms with Gasteiger partial charge in [-0.15, -0.1) is 0 Å². The molecule has 1 N–H and O–H groups in total. The van der Waals surface area contributed by atoms with Crippen LogP contribution in [0.2, 0.25) is 0 Å². The zero-order chi connectivity index (χ0) is 13.4. The van der Waals surface area contributed by atoms with Gasteiger partial charge in [0.2, 0.25) is 0 Å². The predicted octanol–water partition coefficient (Wildman–Crippen LogP) is 3.14. The lowest BCUT2D eigenvalue weighted by molar-refractivity contribution is 0.192. The Morgan fingerprint density at radius 1 is 1.05 bits per heavy atom. The van der Waals surface area contributed by atoms with Gasteiger partial charge in [0.05, 0.1) is 5.69 Å². The van der Waals surface area contributed by atoms with Crippen LogP contribution in [0.3, 0.4) is 0 Å². The Hall–Kier alpha value is -1.23. The molecule has 0 aliphatic carbocycles. The predicted molar refractivity (Wildman–Crippen MR) is 67.6 cm³/mol. The number of hydrogen-bond donors (Lipinski definition) is 1. The summed E-state index contributed by atoms with van der Waals surface area (Å²) in [5.74, 6) is -2.88. The van der Waals surface area contributed by atoms with Gasteiger partial charge in [-0.2, -0.15) is 0 Å². The third-order valence-corrected chi connectivity index (χ3v) is 4.19. The van der Waals surface area contributed by atoms with Gasteiger partial charge in [0, 0.05) is 30.8 Å². The number of benzene rings is 1. The highest BCUT2D eigenvalue weighted by Gasteiger charge is 2.35. The van der Waals surface area contributed by atoms with Crippen LogP contribution >= 0.6 is 0 Å². The lowest BCUT2D eigenvalue weighted by atomic mass is 9.99. The first-order valence-electron chi connectivity index (χ1n) is 6.80. The summed E-state index contributed by atoms with van der Waals surface area (Å²) >= 11 is 0. The van der Waals surface area contributed by atoms with Crippen molar-refractivity contribution in [3.8, 4) is 0 Å². The number of anilines is 1. The minimum absolute atomic E-state index is 0.0603. The highest BCUT2D eigenvalue weighted by molar-refractivity contribution is 5.47. The molecule has 0 aromatic heterocycles. The van der Waals surface area contributed by atoms with E-state index in [9.17, 15) is 13.2 Å². The maximum absolute atomic E-state index is 13.6. The molecule has 2 aliphatic rings. The molecule has 0 radical (unpaired) electrons. The molecule has 104 valence electrons. The molecular weight excluding hydrogens is 253 g/mol. The van der Waals surface area contributed by atoms with Gasteiger partial charge >= 0.3 is 0 Å². The van der Waals surface area contributed by atoms with Crippen molar-refractivity contribution in [2.24, 2.45) is 0 Å². The second-order valence-electron chi connectivity index (χ2n) is 5.39. The molecule has 2 unspecified atom stereocenters. The first-order valence-corrected chi connectivity index (χ1v) is 6.80. The van der Waals surface area contributed by atoms with Crippen molar-refractivity contribution in [3.05, 3.63) is 29.6 Å². The second-order valence-corrected chi connectivity index (χ2v) is 5.39. The second kappa shape index (κ2) is 5.04. The fourth-order valence-electron chi connectivity index (χ4n) is 3.28. The number of nitrogens with zero attached hydrogens (tertiary/aromatic N) is 1. The van der Waals surface area contributed by atoms with Crippen LogP contribution in [0.1, 0.15) is 25.7 Å². The molecule has 3 rings (SSSR count). The Kier molecular flexibility index (Phi) is 3.39. The average Bonchev–Trinajstić information content (AvgIpc) is 2.79. The zero-order valence-corrected chi connectivity index (χ0v) is 10.6. The normalized spacial score (nSPS) is 27.3. The van der Waals surface area contributed by atoms with Gasteiger partial charge in [0.1, 0.15) is 5.82 Å². The molecule has 2 aliphatic heterocycles. The molecule has 1 aromatic rings. The zero-order valence-electron chi connectivity index (χ0n) is 10.6. The summed E-state index contributed by atoms with van der Waals surface area (Å²) in [6, 6.07) is 2.04. The Morgan fingerprint density at radius 3 is 2.74 bits per heavy atom. The third-order valence-electron chi connectivity index (χ3n) is 4.19. The summed E-state index contributed by atoms with van der Waals surface area (Å²) in [5, 5.41) is 2.99. The van der Waals surface area contributed by atoms with Crippen molar-refractivity contribution in [3.63, 3.8) is 0 Å². The van der Waals surface area contributed by atoms with Crippen LogP contribution in [0.4, 0.5) is 18.9 Å². The van der Waals surface area contributed by atoms with E-state index < -0.39 is 17.5 Å². The van der Waals surface area contributed by atoms with Crippen LogP contribution in [-0.2, 0) is 0 Å². The van der Waals surface area contributed by atoms with Crippen LogP contribution in [0, 0.1) is 17.5 Å². The molecule has 0 bridgehead atoms. The number of fused-ring (bicyclic) bond motifs is 1. The van der Waals surface area contributed by atoms with Gasteiger partial charge in [-0.3, -0.25) is 4.90 Å². The van der Waals surface area contributed by atoms with Gasteiger partial charge in [-0.1, -0.05) is 6.42 Å². The van der Waals surface area contributed by atoms with Gasteiger partial charge in [0.25, 0.3) is 0 Å². The summed E-state index contributed by atoms with van der Waals surface area (Å²) in [6.07, 6.45) is 4.32.